The number of nitrogens with one attached hydrogen (secondary N) is 2. The van der Waals surface area contributed by atoms with Gasteiger partial charge in [0.05, 0.1) is 34.4 Å². The van der Waals surface area contributed by atoms with Crippen molar-refractivity contribution in [2.75, 3.05) is 7.05 Å². The average molecular weight is 406 g/mol. The molecule has 5 heteroatoms. The summed E-state index contributed by atoms with van der Waals surface area (Å²) in [6.07, 6.45) is 28.5. The predicted molar refractivity (Wildman–Crippen MR) is 127 cm³/mol. The molecule has 31 heavy (non-hydrogen) atoms. The topological polar surface area (TPSA) is 55.8 Å². The smallest absolute Gasteiger partial charge is 0.0854 e. The zero-order chi connectivity index (χ0) is 20.8. The van der Waals surface area contributed by atoms with Crippen molar-refractivity contribution >= 4 is 23.6 Å². The summed E-state index contributed by atoms with van der Waals surface area (Å²) in [5, 5.41) is 5.86. The lowest BCUT2D eigenvalue weighted by molar-refractivity contribution is 0.259. The van der Waals surface area contributed by atoms with Crippen molar-refractivity contribution < 1.29 is 0 Å². The summed E-state index contributed by atoms with van der Waals surface area (Å²) >= 11 is 0. The lowest BCUT2D eigenvalue weighted by Gasteiger charge is -2.41. The SMILES string of the molecule is CN1C=CC=CC1C12C=C3C=CC(=N3)C=c3ccc([nH]3)=CC3=NC(=CC(=CC1)N2)C=C3. The molecule has 6 rings (SSSR count). The largest absolute Gasteiger partial charge is 0.374 e. The fraction of sp³-hybridized carbons (Fsp3) is 0.154. The van der Waals surface area contributed by atoms with Gasteiger partial charge in [-0.1, -0.05) is 18.2 Å². The van der Waals surface area contributed by atoms with Gasteiger partial charge in [0, 0.05) is 23.4 Å². The molecular formula is C26H23N5. The minimum absolute atomic E-state index is 0.171. The molecule has 0 saturated carbocycles. The van der Waals surface area contributed by atoms with Gasteiger partial charge in [-0.05, 0) is 79.4 Å². The summed E-state index contributed by atoms with van der Waals surface area (Å²) in [6.45, 7) is 0. The number of hydrogen-bond donors (Lipinski definition) is 2. The molecule has 2 unspecified atom stereocenters. The number of hydrogen-bond acceptors (Lipinski definition) is 4. The normalized spacial score (nSPS) is 27.7. The lowest BCUT2D eigenvalue weighted by atomic mass is 9.85. The Morgan fingerprint density at radius 3 is 2.45 bits per heavy atom. The standard InChI is InChI=1S/C26H23N5/c1-31-13-3-2-4-25(31)26-12-11-23(30-26)16-22-8-7-19(28-22)14-18-5-6-20(27-18)15-21-9-10-24(17-26)29-21/h2-11,13-17,25,27,30H,12H2,1H3. The van der Waals surface area contributed by atoms with Crippen molar-refractivity contribution in [2.45, 2.75) is 18.0 Å². The molecular weight excluding hydrogens is 382 g/mol. The molecule has 2 N–H and O–H groups in total. The minimum Gasteiger partial charge on any atom is -0.374 e. The second-order valence-electron chi connectivity index (χ2n) is 8.40. The Kier molecular flexibility index (Phi) is 3.96. The maximum Gasteiger partial charge on any atom is 0.0854 e. The Bertz CT molecular complexity index is 1350. The molecule has 0 amide bonds. The van der Waals surface area contributed by atoms with Crippen molar-refractivity contribution in [3.8, 4) is 0 Å². The van der Waals surface area contributed by atoms with E-state index in [2.05, 4.69) is 113 Å². The summed E-state index contributed by atoms with van der Waals surface area (Å²) in [6, 6.07) is 4.31. The van der Waals surface area contributed by atoms with Gasteiger partial charge in [0.2, 0.25) is 0 Å². The van der Waals surface area contributed by atoms with Gasteiger partial charge in [-0.2, -0.15) is 0 Å². The first-order valence-electron chi connectivity index (χ1n) is 10.6. The number of rotatable bonds is 1. The highest BCUT2D eigenvalue weighted by Gasteiger charge is 2.41. The van der Waals surface area contributed by atoms with Gasteiger partial charge in [0.15, 0.2) is 0 Å². The summed E-state index contributed by atoms with van der Waals surface area (Å²) < 4.78 is 0. The third-order valence-corrected chi connectivity index (χ3v) is 6.14. The van der Waals surface area contributed by atoms with E-state index in [0.717, 1.165) is 45.6 Å². The molecule has 0 radical (unpaired) electrons. The van der Waals surface area contributed by atoms with Gasteiger partial charge in [-0.25, -0.2) is 9.98 Å². The van der Waals surface area contributed by atoms with E-state index in [1.54, 1.807) is 0 Å². The first-order chi connectivity index (χ1) is 15.1. The van der Waals surface area contributed by atoms with E-state index in [9.17, 15) is 0 Å². The van der Waals surface area contributed by atoms with E-state index >= 15 is 0 Å². The Hall–Kier alpha value is -3.86. The molecule has 0 aromatic carbocycles. The van der Waals surface area contributed by atoms with Crippen molar-refractivity contribution in [2.24, 2.45) is 9.98 Å². The number of H-pyrrole nitrogens is 1. The van der Waals surface area contributed by atoms with E-state index in [1.807, 2.05) is 0 Å². The van der Waals surface area contributed by atoms with E-state index in [4.69, 9.17) is 9.98 Å². The molecule has 0 fully saturated rings. The van der Waals surface area contributed by atoms with Crippen molar-refractivity contribution in [1.82, 2.24) is 15.2 Å². The number of nitrogens with zero attached hydrogens (tertiary/aromatic N) is 3. The monoisotopic (exact) mass is 405 g/mol. The van der Waals surface area contributed by atoms with Crippen molar-refractivity contribution in [3.63, 3.8) is 0 Å². The van der Waals surface area contributed by atoms with Crippen molar-refractivity contribution in [1.29, 1.82) is 0 Å². The highest BCUT2D eigenvalue weighted by atomic mass is 15.2. The van der Waals surface area contributed by atoms with Crippen molar-refractivity contribution in [3.05, 3.63) is 107 Å². The van der Waals surface area contributed by atoms with Crippen LogP contribution in [0.25, 0.3) is 12.2 Å². The second-order valence-corrected chi connectivity index (χ2v) is 8.40. The van der Waals surface area contributed by atoms with Crippen LogP contribution in [0.15, 0.2) is 106 Å². The molecule has 6 heterocycles. The van der Waals surface area contributed by atoms with Gasteiger partial charge in [-0.15, -0.1) is 0 Å². The van der Waals surface area contributed by atoms with Gasteiger partial charge >= 0.3 is 0 Å². The maximum absolute atomic E-state index is 4.88. The second kappa shape index (κ2) is 6.84. The average Bonchev–Trinajstić information content (AvgIpc) is 3.54. The van der Waals surface area contributed by atoms with Crippen LogP contribution in [0, 0.1) is 0 Å². The summed E-state index contributed by atoms with van der Waals surface area (Å²) in [4.78, 5) is 15.3. The quantitative estimate of drug-likeness (QED) is 0.754. The molecule has 0 aliphatic carbocycles. The van der Waals surface area contributed by atoms with E-state index < -0.39 is 0 Å². The minimum atomic E-state index is -0.293. The number of aliphatic imine (C=N–C) groups is 2. The van der Waals surface area contributed by atoms with Crippen LogP contribution in [0.5, 0.6) is 0 Å². The number of aromatic amines is 1. The third-order valence-electron chi connectivity index (χ3n) is 6.14. The zero-order valence-corrected chi connectivity index (χ0v) is 17.3. The van der Waals surface area contributed by atoms with Crippen LogP contribution >= 0.6 is 0 Å². The summed E-state index contributed by atoms with van der Waals surface area (Å²) in [5.41, 5.74) is 4.61. The molecule has 152 valence electrons. The number of aromatic nitrogens is 1. The highest BCUT2D eigenvalue weighted by Crippen LogP contribution is 2.34. The molecule has 8 bridgehead atoms. The fourth-order valence-electron chi connectivity index (χ4n) is 4.69. The van der Waals surface area contributed by atoms with E-state index in [1.165, 1.54) is 0 Å². The van der Waals surface area contributed by atoms with E-state index in [0.29, 0.717) is 0 Å². The fourth-order valence-corrected chi connectivity index (χ4v) is 4.69. The van der Waals surface area contributed by atoms with Gasteiger partial charge in [0.25, 0.3) is 0 Å². The molecule has 5 aliphatic heterocycles. The van der Waals surface area contributed by atoms with Crippen LogP contribution in [0.2, 0.25) is 0 Å². The third kappa shape index (κ3) is 3.28. The van der Waals surface area contributed by atoms with Gasteiger partial charge in [0.1, 0.15) is 0 Å². The van der Waals surface area contributed by atoms with Crippen LogP contribution in [-0.2, 0) is 0 Å². The molecule has 5 nitrogen and oxygen atoms in total. The summed E-state index contributed by atoms with van der Waals surface area (Å²) in [7, 11) is 2.12. The Morgan fingerprint density at radius 2 is 1.68 bits per heavy atom. The number of allylic oxidation sites excluding steroid dienone is 7. The van der Waals surface area contributed by atoms with Crippen LogP contribution in [-0.4, -0.2) is 39.9 Å². The van der Waals surface area contributed by atoms with Crippen LogP contribution < -0.4 is 16.0 Å². The molecule has 1 aromatic rings. The Labute approximate surface area is 181 Å². The maximum atomic E-state index is 4.88. The van der Waals surface area contributed by atoms with Gasteiger partial charge < -0.3 is 15.2 Å². The van der Waals surface area contributed by atoms with E-state index in [-0.39, 0.29) is 11.6 Å². The molecule has 5 aliphatic rings. The molecule has 0 saturated heterocycles. The van der Waals surface area contributed by atoms with Gasteiger partial charge in [-0.3, -0.25) is 0 Å². The lowest BCUT2D eigenvalue weighted by Crippen LogP contribution is -2.54. The molecule has 1 aromatic heterocycles. The van der Waals surface area contributed by atoms with Crippen LogP contribution in [0.1, 0.15) is 6.42 Å². The Balaban J connectivity index is 1.50. The zero-order valence-electron chi connectivity index (χ0n) is 17.3. The first-order valence-corrected chi connectivity index (χ1v) is 10.6. The number of likely N-dealkylation sites (N-methyl/N-ethyl adjacent to an activating group) is 1. The van der Waals surface area contributed by atoms with Crippen LogP contribution in [0.4, 0.5) is 0 Å². The highest BCUT2D eigenvalue weighted by molar-refractivity contribution is 6.20. The van der Waals surface area contributed by atoms with Crippen LogP contribution in [0.3, 0.4) is 0 Å². The predicted octanol–water partition coefficient (Wildman–Crippen LogP) is 2.38. The molecule has 0 spiro atoms. The number of fused-ring (bicyclic) bond motifs is 6. The first kappa shape index (κ1) is 18.0. The molecule has 2 atom stereocenters. The Morgan fingerprint density at radius 1 is 0.935 bits per heavy atom. The summed E-state index contributed by atoms with van der Waals surface area (Å²) in [5.74, 6) is 0.